The summed E-state index contributed by atoms with van der Waals surface area (Å²) in [6.45, 7) is 1.88. The number of carbonyl (C=O) groups is 1. The Morgan fingerprint density at radius 1 is 1.38 bits per heavy atom. The monoisotopic (exact) mass is 293 g/mol. The van der Waals surface area contributed by atoms with Crippen molar-refractivity contribution in [3.05, 3.63) is 29.6 Å². The van der Waals surface area contributed by atoms with Crippen molar-refractivity contribution in [1.82, 2.24) is 5.32 Å². The molecule has 0 bridgehead atoms. The summed E-state index contributed by atoms with van der Waals surface area (Å²) < 4.78 is 18.6. The van der Waals surface area contributed by atoms with Gasteiger partial charge in [0, 0.05) is 6.42 Å². The number of amides is 1. The van der Waals surface area contributed by atoms with Crippen molar-refractivity contribution in [2.75, 3.05) is 7.11 Å². The van der Waals surface area contributed by atoms with Crippen LogP contribution >= 0.6 is 0 Å². The Hall–Kier alpha value is -1.58. The molecular weight excluding hydrogens is 269 g/mol. The van der Waals surface area contributed by atoms with Gasteiger partial charge in [-0.05, 0) is 43.4 Å². The molecule has 1 aliphatic carbocycles. The van der Waals surface area contributed by atoms with Crippen LogP contribution in [0.25, 0.3) is 0 Å². The Bertz CT molecular complexity index is 484. The first-order valence-electron chi connectivity index (χ1n) is 7.73. The highest BCUT2D eigenvalue weighted by Crippen LogP contribution is 2.27. The number of carbonyl (C=O) groups excluding carboxylic acids is 1. The van der Waals surface area contributed by atoms with Crippen LogP contribution in [0.4, 0.5) is 4.39 Å². The third-order valence-corrected chi connectivity index (χ3v) is 4.25. The van der Waals surface area contributed by atoms with E-state index in [9.17, 15) is 9.18 Å². The van der Waals surface area contributed by atoms with Crippen molar-refractivity contribution in [1.29, 1.82) is 0 Å². The van der Waals surface area contributed by atoms with Crippen LogP contribution in [0, 0.1) is 11.7 Å². The van der Waals surface area contributed by atoms with E-state index in [-0.39, 0.29) is 17.7 Å². The van der Waals surface area contributed by atoms with E-state index in [0.717, 1.165) is 18.4 Å². The number of hydrogen-bond acceptors (Lipinski definition) is 2. The van der Waals surface area contributed by atoms with Gasteiger partial charge in [-0.15, -0.1) is 0 Å². The molecule has 1 unspecified atom stereocenters. The maximum absolute atomic E-state index is 13.7. The molecule has 0 saturated heterocycles. The predicted molar refractivity (Wildman–Crippen MR) is 80.7 cm³/mol. The first-order valence-corrected chi connectivity index (χ1v) is 7.73. The normalized spacial score (nSPS) is 17.3. The second kappa shape index (κ2) is 7.43. The Kier molecular flexibility index (Phi) is 5.59. The van der Waals surface area contributed by atoms with E-state index in [0.29, 0.717) is 12.3 Å². The molecule has 21 heavy (non-hydrogen) atoms. The highest BCUT2D eigenvalue weighted by atomic mass is 19.1. The summed E-state index contributed by atoms with van der Waals surface area (Å²) in [6.07, 6.45) is 6.65. The molecule has 1 N–H and O–H groups in total. The standard InChI is InChI=1S/C17H24FNO2/c1-12(14-8-9-16(21-2)15(18)11-14)19-17(20)10-13-6-4-3-5-7-13/h8-9,11-13H,3-7,10H2,1-2H3,(H,19,20). The van der Waals surface area contributed by atoms with E-state index in [1.807, 2.05) is 6.92 Å². The van der Waals surface area contributed by atoms with Crippen LogP contribution in [-0.4, -0.2) is 13.0 Å². The highest BCUT2D eigenvalue weighted by Gasteiger charge is 2.18. The molecule has 0 radical (unpaired) electrons. The van der Waals surface area contributed by atoms with E-state index in [2.05, 4.69) is 5.32 Å². The van der Waals surface area contributed by atoms with Crippen molar-refractivity contribution in [2.24, 2.45) is 5.92 Å². The van der Waals surface area contributed by atoms with Crippen LogP contribution in [0.15, 0.2) is 18.2 Å². The molecule has 116 valence electrons. The van der Waals surface area contributed by atoms with Crippen molar-refractivity contribution in [3.63, 3.8) is 0 Å². The first-order chi connectivity index (χ1) is 10.1. The van der Waals surface area contributed by atoms with Gasteiger partial charge in [0.25, 0.3) is 0 Å². The number of methoxy groups -OCH3 is 1. The fraction of sp³-hybridized carbons (Fsp3) is 0.588. The van der Waals surface area contributed by atoms with Gasteiger partial charge in [-0.1, -0.05) is 25.3 Å². The SMILES string of the molecule is COc1ccc(C(C)NC(=O)CC2CCCCC2)cc1F. The summed E-state index contributed by atoms with van der Waals surface area (Å²) in [4.78, 5) is 12.1. The Morgan fingerprint density at radius 3 is 2.71 bits per heavy atom. The van der Waals surface area contributed by atoms with Gasteiger partial charge in [0.15, 0.2) is 11.6 Å². The second-order valence-corrected chi connectivity index (χ2v) is 5.89. The van der Waals surface area contributed by atoms with Gasteiger partial charge in [-0.3, -0.25) is 4.79 Å². The van der Waals surface area contributed by atoms with Gasteiger partial charge in [0.2, 0.25) is 5.91 Å². The van der Waals surface area contributed by atoms with Gasteiger partial charge in [0.05, 0.1) is 13.2 Å². The lowest BCUT2D eigenvalue weighted by Crippen LogP contribution is -2.29. The maximum Gasteiger partial charge on any atom is 0.220 e. The smallest absolute Gasteiger partial charge is 0.220 e. The highest BCUT2D eigenvalue weighted by molar-refractivity contribution is 5.76. The molecule has 1 fully saturated rings. The number of ether oxygens (including phenoxy) is 1. The molecule has 1 amide bonds. The lowest BCUT2D eigenvalue weighted by Gasteiger charge is -2.22. The minimum atomic E-state index is -0.400. The number of benzene rings is 1. The molecule has 1 saturated carbocycles. The lowest BCUT2D eigenvalue weighted by molar-refractivity contribution is -0.122. The van der Waals surface area contributed by atoms with Gasteiger partial charge in [-0.2, -0.15) is 0 Å². The van der Waals surface area contributed by atoms with E-state index in [4.69, 9.17) is 4.74 Å². The Balaban J connectivity index is 1.89. The fourth-order valence-electron chi connectivity index (χ4n) is 2.99. The van der Waals surface area contributed by atoms with Crippen molar-refractivity contribution in [3.8, 4) is 5.75 Å². The summed E-state index contributed by atoms with van der Waals surface area (Å²) in [5.41, 5.74) is 0.755. The number of rotatable bonds is 5. The van der Waals surface area contributed by atoms with E-state index < -0.39 is 5.82 Å². The summed E-state index contributed by atoms with van der Waals surface area (Å²) >= 11 is 0. The quantitative estimate of drug-likeness (QED) is 0.891. The molecule has 0 spiro atoms. The number of hydrogen-bond donors (Lipinski definition) is 1. The summed E-state index contributed by atoms with van der Waals surface area (Å²) in [6, 6.07) is 4.60. The predicted octanol–water partition coefficient (Wildman–Crippen LogP) is 3.98. The van der Waals surface area contributed by atoms with E-state index in [1.165, 1.54) is 32.4 Å². The Morgan fingerprint density at radius 2 is 2.10 bits per heavy atom. The molecular formula is C17H24FNO2. The second-order valence-electron chi connectivity index (χ2n) is 5.89. The number of halogens is 1. The van der Waals surface area contributed by atoms with Crippen molar-refractivity contribution < 1.29 is 13.9 Å². The molecule has 1 aliphatic rings. The molecule has 1 atom stereocenters. The fourth-order valence-corrected chi connectivity index (χ4v) is 2.99. The molecule has 0 aliphatic heterocycles. The van der Waals surface area contributed by atoms with Crippen LogP contribution in [0.2, 0.25) is 0 Å². The largest absolute Gasteiger partial charge is 0.494 e. The first kappa shape index (κ1) is 15.8. The summed E-state index contributed by atoms with van der Waals surface area (Å²) in [7, 11) is 1.44. The van der Waals surface area contributed by atoms with E-state index >= 15 is 0 Å². The third kappa shape index (κ3) is 4.45. The molecule has 0 heterocycles. The average molecular weight is 293 g/mol. The Labute approximate surface area is 125 Å². The zero-order chi connectivity index (χ0) is 15.2. The summed E-state index contributed by atoms with van der Waals surface area (Å²) in [5, 5.41) is 2.96. The molecule has 0 aromatic heterocycles. The zero-order valence-corrected chi connectivity index (χ0v) is 12.8. The lowest BCUT2D eigenvalue weighted by atomic mass is 9.87. The molecule has 1 aromatic rings. The minimum absolute atomic E-state index is 0.0608. The molecule has 1 aromatic carbocycles. The zero-order valence-electron chi connectivity index (χ0n) is 12.8. The third-order valence-electron chi connectivity index (χ3n) is 4.25. The molecule has 2 rings (SSSR count). The van der Waals surface area contributed by atoms with Crippen molar-refractivity contribution in [2.45, 2.75) is 51.5 Å². The van der Waals surface area contributed by atoms with Gasteiger partial charge in [0.1, 0.15) is 0 Å². The number of nitrogens with one attached hydrogen (secondary N) is 1. The topological polar surface area (TPSA) is 38.3 Å². The van der Waals surface area contributed by atoms with Gasteiger partial charge in [-0.25, -0.2) is 4.39 Å². The van der Waals surface area contributed by atoms with Crippen LogP contribution in [0.3, 0.4) is 0 Å². The van der Waals surface area contributed by atoms with E-state index in [1.54, 1.807) is 12.1 Å². The van der Waals surface area contributed by atoms with Crippen LogP contribution < -0.4 is 10.1 Å². The van der Waals surface area contributed by atoms with Crippen LogP contribution in [-0.2, 0) is 4.79 Å². The molecule has 3 nitrogen and oxygen atoms in total. The van der Waals surface area contributed by atoms with Gasteiger partial charge >= 0.3 is 0 Å². The van der Waals surface area contributed by atoms with Crippen molar-refractivity contribution >= 4 is 5.91 Å². The average Bonchev–Trinajstić information content (AvgIpc) is 2.48. The maximum atomic E-state index is 13.7. The van der Waals surface area contributed by atoms with Crippen LogP contribution in [0.1, 0.15) is 57.1 Å². The minimum Gasteiger partial charge on any atom is -0.494 e. The summed E-state index contributed by atoms with van der Waals surface area (Å²) in [5.74, 6) is 0.395. The molecule has 4 heteroatoms. The van der Waals surface area contributed by atoms with Gasteiger partial charge < -0.3 is 10.1 Å². The van der Waals surface area contributed by atoms with Crippen LogP contribution in [0.5, 0.6) is 5.75 Å².